The van der Waals surface area contributed by atoms with Crippen LogP contribution in [0, 0.1) is 0 Å². The van der Waals surface area contributed by atoms with E-state index in [0.717, 1.165) is 29.7 Å². The lowest BCUT2D eigenvalue weighted by atomic mass is 10.1. The Bertz CT molecular complexity index is 1280. The first kappa shape index (κ1) is 17.5. The van der Waals surface area contributed by atoms with E-state index in [1.54, 1.807) is 40.6 Å². The number of hydrogen-bond donors (Lipinski definition) is 1. The zero-order valence-corrected chi connectivity index (χ0v) is 16.0. The van der Waals surface area contributed by atoms with Crippen molar-refractivity contribution in [2.24, 2.45) is 0 Å². The maximum Gasteiger partial charge on any atom is 0.277 e. The number of benzene rings is 2. The highest BCUT2D eigenvalue weighted by molar-refractivity contribution is 5.98. The molecule has 0 saturated heterocycles. The van der Waals surface area contributed by atoms with E-state index in [0.29, 0.717) is 23.1 Å². The summed E-state index contributed by atoms with van der Waals surface area (Å²) in [5.41, 5.74) is 3.31. The molecule has 1 N–H and O–H groups in total. The smallest absolute Gasteiger partial charge is 0.277 e. The third kappa shape index (κ3) is 3.14. The molecule has 7 nitrogen and oxygen atoms in total. The van der Waals surface area contributed by atoms with E-state index in [-0.39, 0.29) is 17.5 Å². The van der Waals surface area contributed by atoms with Crippen molar-refractivity contribution in [2.75, 3.05) is 7.11 Å². The van der Waals surface area contributed by atoms with E-state index in [2.05, 4.69) is 10.4 Å². The minimum atomic E-state index is -0.148. The molecule has 0 atom stereocenters. The van der Waals surface area contributed by atoms with Crippen molar-refractivity contribution in [3.8, 4) is 5.75 Å². The Morgan fingerprint density at radius 1 is 1.10 bits per heavy atom. The molecule has 29 heavy (non-hydrogen) atoms. The third-order valence-electron chi connectivity index (χ3n) is 5.28. The van der Waals surface area contributed by atoms with Crippen molar-refractivity contribution >= 4 is 22.5 Å². The standard InChI is InChI=1S/C22H20N4O3/c1-29-17-7-2-14(3-8-17)13-25-20-12-15(21(27)24-16-5-6-16)4-9-18(20)26-19(22(25)28)10-11-23-26/h2-4,7-12,16H,5-6,13H2,1H3,(H,24,27). The fourth-order valence-electron chi connectivity index (χ4n) is 3.53. The van der Waals surface area contributed by atoms with Gasteiger partial charge in [0, 0.05) is 11.6 Å². The van der Waals surface area contributed by atoms with Gasteiger partial charge >= 0.3 is 0 Å². The van der Waals surface area contributed by atoms with Crippen LogP contribution in [-0.4, -0.2) is 33.2 Å². The first-order chi connectivity index (χ1) is 14.1. The Kier molecular flexibility index (Phi) is 4.08. The van der Waals surface area contributed by atoms with Crippen LogP contribution in [0.2, 0.25) is 0 Å². The lowest BCUT2D eigenvalue weighted by Crippen LogP contribution is -2.26. The van der Waals surface area contributed by atoms with Gasteiger partial charge in [-0.05, 0) is 54.8 Å². The van der Waals surface area contributed by atoms with Crippen molar-refractivity contribution in [3.05, 3.63) is 76.2 Å². The van der Waals surface area contributed by atoms with Crippen LogP contribution in [-0.2, 0) is 6.54 Å². The molecule has 2 heterocycles. The van der Waals surface area contributed by atoms with Gasteiger partial charge in [-0.1, -0.05) is 12.1 Å². The second-order valence-electron chi connectivity index (χ2n) is 7.32. The minimum Gasteiger partial charge on any atom is -0.497 e. The SMILES string of the molecule is COc1ccc(Cn2c(=O)c3ccnn3c3ccc(C(=O)NC4CC4)cc32)cc1. The number of aromatic nitrogens is 3. The number of methoxy groups -OCH3 is 1. The minimum absolute atomic E-state index is 0.113. The van der Waals surface area contributed by atoms with E-state index in [1.165, 1.54) is 0 Å². The first-order valence-electron chi connectivity index (χ1n) is 9.58. The summed E-state index contributed by atoms with van der Waals surface area (Å²) in [7, 11) is 1.62. The van der Waals surface area contributed by atoms with E-state index < -0.39 is 0 Å². The van der Waals surface area contributed by atoms with Crippen LogP contribution >= 0.6 is 0 Å². The number of fused-ring (bicyclic) bond motifs is 3. The maximum absolute atomic E-state index is 13.2. The average molecular weight is 388 g/mol. The summed E-state index contributed by atoms with van der Waals surface area (Å²) in [5, 5.41) is 7.30. The summed E-state index contributed by atoms with van der Waals surface area (Å²) in [6.07, 6.45) is 3.66. The summed E-state index contributed by atoms with van der Waals surface area (Å²) >= 11 is 0. The Labute approximate surface area is 166 Å². The van der Waals surface area contributed by atoms with E-state index in [9.17, 15) is 9.59 Å². The zero-order valence-electron chi connectivity index (χ0n) is 16.0. The van der Waals surface area contributed by atoms with Gasteiger partial charge in [-0.25, -0.2) is 4.52 Å². The largest absolute Gasteiger partial charge is 0.497 e. The molecule has 1 fully saturated rings. The van der Waals surface area contributed by atoms with E-state index in [1.807, 2.05) is 30.3 Å². The molecule has 0 aliphatic heterocycles. The molecular formula is C22H20N4O3. The third-order valence-corrected chi connectivity index (χ3v) is 5.28. The lowest BCUT2D eigenvalue weighted by molar-refractivity contribution is 0.0951. The highest BCUT2D eigenvalue weighted by Crippen LogP contribution is 2.22. The summed E-state index contributed by atoms with van der Waals surface area (Å²) in [5.74, 6) is 0.648. The van der Waals surface area contributed by atoms with Crippen molar-refractivity contribution in [1.29, 1.82) is 0 Å². The number of amides is 1. The Hall–Kier alpha value is -3.61. The molecule has 0 bridgehead atoms. The Balaban J connectivity index is 1.66. The highest BCUT2D eigenvalue weighted by Gasteiger charge is 2.24. The van der Waals surface area contributed by atoms with Crippen molar-refractivity contribution < 1.29 is 9.53 Å². The molecule has 2 aromatic heterocycles. The second kappa shape index (κ2) is 6.77. The molecule has 5 rings (SSSR count). The summed E-state index contributed by atoms with van der Waals surface area (Å²) < 4.78 is 8.54. The fraction of sp³-hybridized carbons (Fsp3) is 0.227. The number of nitrogens with zero attached hydrogens (tertiary/aromatic N) is 3. The van der Waals surface area contributed by atoms with Crippen LogP contribution in [0.5, 0.6) is 5.75 Å². The van der Waals surface area contributed by atoms with Crippen LogP contribution in [0.1, 0.15) is 28.8 Å². The fourth-order valence-corrected chi connectivity index (χ4v) is 3.53. The van der Waals surface area contributed by atoms with Crippen LogP contribution in [0.3, 0.4) is 0 Å². The molecule has 146 valence electrons. The summed E-state index contributed by atoms with van der Waals surface area (Å²) in [6.45, 7) is 0.384. The van der Waals surface area contributed by atoms with E-state index >= 15 is 0 Å². The van der Waals surface area contributed by atoms with Gasteiger partial charge in [-0.3, -0.25) is 9.59 Å². The molecule has 2 aromatic carbocycles. The first-order valence-corrected chi connectivity index (χ1v) is 9.58. The Morgan fingerprint density at radius 2 is 1.90 bits per heavy atom. The molecule has 1 saturated carbocycles. The number of ether oxygens (including phenoxy) is 1. The Morgan fingerprint density at radius 3 is 2.62 bits per heavy atom. The second-order valence-corrected chi connectivity index (χ2v) is 7.32. The van der Waals surface area contributed by atoms with Crippen LogP contribution < -0.4 is 15.6 Å². The predicted molar refractivity (Wildman–Crippen MR) is 110 cm³/mol. The van der Waals surface area contributed by atoms with Crippen LogP contribution in [0.25, 0.3) is 16.6 Å². The monoisotopic (exact) mass is 388 g/mol. The van der Waals surface area contributed by atoms with Gasteiger partial charge < -0.3 is 14.6 Å². The molecule has 1 aliphatic rings. The van der Waals surface area contributed by atoms with Crippen LogP contribution in [0.4, 0.5) is 0 Å². The predicted octanol–water partition coefficient (Wildman–Crippen LogP) is 2.60. The van der Waals surface area contributed by atoms with Gasteiger partial charge in [0.15, 0.2) is 0 Å². The quantitative estimate of drug-likeness (QED) is 0.570. The molecule has 0 spiro atoms. The van der Waals surface area contributed by atoms with Gasteiger partial charge in [0.1, 0.15) is 11.3 Å². The van der Waals surface area contributed by atoms with Crippen molar-refractivity contribution in [1.82, 2.24) is 19.5 Å². The summed E-state index contributed by atoms with van der Waals surface area (Å²) in [6, 6.07) is 15.0. The molecule has 0 unspecified atom stereocenters. The molecule has 4 aromatic rings. The number of hydrogen-bond acceptors (Lipinski definition) is 4. The highest BCUT2D eigenvalue weighted by atomic mass is 16.5. The molecule has 7 heteroatoms. The number of carbonyl (C=O) groups excluding carboxylic acids is 1. The number of nitrogens with one attached hydrogen (secondary N) is 1. The number of rotatable bonds is 5. The topological polar surface area (TPSA) is 77.6 Å². The lowest BCUT2D eigenvalue weighted by Gasteiger charge is -2.14. The average Bonchev–Trinajstić information content (AvgIpc) is 3.42. The molecular weight excluding hydrogens is 368 g/mol. The maximum atomic E-state index is 13.2. The summed E-state index contributed by atoms with van der Waals surface area (Å²) in [4.78, 5) is 25.7. The van der Waals surface area contributed by atoms with Crippen LogP contribution in [0.15, 0.2) is 59.5 Å². The van der Waals surface area contributed by atoms with Gasteiger partial charge in [-0.2, -0.15) is 5.10 Å². The van der Waals surface area contributed by atoms with Gasteiger partial charge in [0.25, 0.3) is 11.5 Å². The molecule has 1 aliphatic carbocycles. The van der Waals surface area contributed by atoms with Crippen molar-refractivity contribution in [2.45, 2.75) is 25.4 Å². The molecule has 1 amide bonds. The van der Waals surface area contributed by atoms with Gasteiger partial charge in [-0.15, -0.1) is 0 Å². The van der Waals surface area contributed by atoms with E-state index in [4.69, 9.17) is 4.74 Å². The van der Waals surface area contributed by atoms with Gasteiger partial charge in [0.05, 0.1) is 30.9 Å². The van der Waals surface area contributed by atoms with Gasteiger partial charge in [0.2, 0.25) is 0 Å². The number of carbonyl (C=O) groups is 1. The van der Waals surface area contributed by atoms with Crippen molar-refractivity contribution in [3.63, 3.8) is 0 Å². The zero-order chi connectivity index (χ0) is 20.0. The molecule has 0 radical (unpaired) electrons. The normalized spacial score (nSPS) is 13.7.